The lowest BCUT2D eigenvalue weighted by atomic mass is 10.0. The molecule has 2 N–H and O–H groups in total. The summed E-state index contributed by atoms with van der Waals surface area (Å²) in [6.07, 6.45) is 1.98. The number of carbonyl (C=O) groups is 1. The van der Waals surface area contributed by atoms with E-state index in [4.69, 9.17) is 10.5 Å². The van der Waals surface area contributed by atoms with E-state index in [1.165, 1.54) is 5.56 Å². The first-order valence-corrected chi connectivity index (χ1v) is 6.55. The predicted octanol–water partition coefficient (Wildman–Crippen LogP) is 2.54. The molecule has 0 saturated heterocycles. The second-order valence-electron chi connectivity index (χ2n) is 4.74. The number of rotatable bonds is 9. The topological polar surface area (TPSA) is 52.3 Å². The van der Waals surface area contributed by atoms with Gasteiger partial charge in [-0.2, -0.15) is 0 Å². The van der Waals surface area contributed by atoms with E-state index < -0.39 is 0 Å². The molecule has 100 valence electrons. The molecule has 0 aliphatic rings. The van der Waals surface area contributed by atoms with Crippen molar-refractivity contribution in [2.75, 3.05) is 13.2 Å². The van der Waals surface area contributed by atoms with Gasteiger partial charge in [0.15, 0.2) is 0 Å². The maximum Gasteiger partial charge on any atom is 0.133 e. The van der Waals surface area contributed by atoms with E-state index in [1.807, 2.05) is 37.3 Å². The number of ketones is 1. The van der Waals surface area contributed by atoms with Crippen molar-refractivity contribution in [3.05, 3.63) is 35.9 Å². The number of nitrogens with two attached hydrogens (primary N) is 1. The Hall–Kier alpha value is -1.19. The second kappa shape index (κ2) is 8.84. The third kappa shape index (κ3) is 6.52. The molecule has 18 heavy (non-hydrogen) atoms. The molecule has 0 heterocycles. The van der Waals surface area contributed by atoms with E-state index in [1.54, 1.807) is 0 Å². The van der Waals surface area contributed by atoms with Crippen LogP contribution >= 0.6 is 0 Å². The highest BCUT2D eigenvalue weighted by atomic mass is 16.5. The van der Waals surface area contributed by atoms with E-state index in [9.17, 15) is 4.79 Å². The van der Waals surface area contributed by atoms with E-state index in [0.29, 0.717) is 32.6 Å². The standard InChI is InChI=1S/C15H23NO2/c1-13(10-15(17)8-5-9-16)11-18-12-14-6-3-2-4-7-14/h2-4,6-7,13H,5,8-12,16H2,1H3. The van der Waals surface area contributed by atoms with Crippen LogP contribution in [0.5, 0.6) is 0 Å². The molecule has 0 aliphatic heterocycles. The minimum atomic E-state index is 0.277. The number of carbonyl (C=O) groups excluding carboxylic acids is 1. The first-order valence-electron chi connectivity index (χ1n) is 6.55. The Morgan fingerprint density at radius 2 is 2.06 bits per heavy atom. The average Bonchev–Trinajstić information content (AvgIpc) is 2.37. The van der Waals surface area contributed by atoms with Gasteiger partial charge in [-0.3, -0.25) is 4.79 Å². The van der Waals surface area contributed by atoms with Gasteiger partial charge in [0.2, 0.25) is 0 Å². The minimum Gasteiger partial charge on any atom is -0.376 e. The molecule has 0 aliphatic carbocycles. The monoisotopic (exact) mass is 249 g/mol. The zero-order chi connectivity index (χ0) is 13.2. The first-order chi connectivity index (χ1) is 8.72. The Balaban J connectivity index is 2.13. The fraction of sp³-hybridized carbons (Fsp3) is 0.533. The third-order valence-corrected chi connectivity index (χ3v) is 2.75. The van der Waals surface area contributed by atoms with Gasteiger partial charge in [0.05, 0.1) is 6.61 Å². The van der Waals surface area contributed by atoms with E-state index >= 15 is 0 Å². The molecule has 0 fully saturated rings. The lowest BCUT2D eigenvalue weighted by Gasteiger charge is -2.11. The molecule has 3 nitrogen and oxygen atoms in total. The van der Waals surface area contributed by atoms with Crippen LogP contribution in [-0.2, 0) is 16.1 Å². The van der Waals surface area contributed by atoms with Crippen LogP contribution in [-0.4, -0.2) is 18.9 Å². The highest BCUT2D eigenvalue weighted by Crippen LogP contribution is 2.08. The van der Waals surface area contributed by atoms with Crippen LogP contribution in [0, 0.1) is 5.92 Å². The van der Waals surface area contributed by atoms with Gasteiger partial charge in [-0.25, -0.2) is 0 Å². The zero-order valence-corrected chi connectivity index (χ0v) is 11.1. The van der Waals surface area contributed by atoms with Crippen molar-refractivity contribution in [2.24, 2.45) is 11.7 Å². The fourth-order valence-electron chi connectivity index (χ4n) is 1.80. The zero-order valence-electron chi connectivity index (χ0n) is 11.1. The Labute approximate surface area is 109 Å². The van der Waals surface area contributed by atoms with Crippen molar-refractivity contribution in [3.8, 4) is 0 Å². The molecule has 0 spiro atoms. The molecule has 1 atom stereocenters. The molecule has 1 rings (SSSR count). The average molecular weight is 249 g/mol. The molecule has 1 aromatic carbocycles. The Bertz CT molecular complexity index is 338. The number of ether oxygens (including phenoxy) is 1. The summed E-state index contributed by atoms with van der Waals surface area (Å²) >= 11 is 0. The van der Waals surface area contributed by atoms with Crippen LogP contribution in [0.3, 0.4) is 0 Å². The highest BCUT2D eigenvalue weighted by molar-refractivity contribution is 5.78. The van der Waals surface area contributed by atoms with Crippen LogP contribution in [0.15, 0.2) is 30.3 Å². The van der Waals surface area contributed by atoms with Gasteiger partial charge in [-0.15, -0.1) is 0 Å². The maximum atomic E-state index is 11.5. The van der Waals surface area contributed by atoms with Gasteiger partial charge in [-0.1, -0.05) is 37.3 Å². The molecule has 0 bridgehead atoms. The lowest BCUT2D eigenvalue weighted by molar-refractivity contribution is -0.120. The lowest BCUT2D eigenvalue weighted by Crippen LogP contribution is -2.12. The van der Waals surface area contributed by atoms with Gasteiger partial charge in [0.1, 0.15) is 5.78 Å². The van der Waals surface area contributed by atoms with Gasteiger partial charge in [0, 0.05) is 19.4 Å². The van der Waals surface area contributed by atoms with Crippen molar-refractivity contribution in [3.63, 3.8) is 0 Å². The summed E-state index contributed by atoms with van der Waals surface area (Å²) in [6.45, 7) is 3.88. The molecular formula is C15H23NO2. The van der Waals surface area contributed by atoms with E-state index in [2.05, 4.69) is 0 Å². The quantitative estimate of drug-likeness (QED) is 0.731. The van der Waals surface area contributed by atoms with Crippen molar-refractivity contribution < 1.29 is 9.53 Å². The predicted molar refractivity (Wildman–Crippen MR) is 73.2 cm³/mol. The smallest absolute Gasteiger partial charge is 0.133 e. The Kier molecular flexibility index (Phi) is 7.30. The van der Waals surface area contributed by atoms with Crippen molar-refractivity contribution in [1.82, 2.24) is 0 Å². The van der Waals surface area contributed by atoms with Crippen LogP contribution in [0.1, 0.15) is 31.7 Å². The van der Waals surface area contributed by atoms with Crippen LogP contribution in [0.25, 0.3) is 0 Å². The van der Waals surface area contributed by atoms with Crippen LogP contribution in [0.2, 0.25) is 0 Å². The SMILES string of the molecule is CC(COCc1ccccc1)CC(=O)CCCN. The Morgan fingerprint density at radius 1 is 1.33 bits per heavy atom. The number of hydrogen-bond donors (Lipinski definition) is 1. The number of Topliss-reactive ketones (excluding diaryl/α,β-unsaturated/α-hetero) is 1. The van der Waals surface area contributed by atoms with Gasteiger partial charge in [0.25, 0.3) is 0 Å². The normalized spacial score (nSPS) is 12.3. The molecule has 0 saturated carbocycles. The summed E-state index contributed by atoms with van der Waals surface area (Å²) < 4.78 is 5.61. The fourth-order valence-corrected chi connectivity index (χ4v) is 1.80. The summed E-state index contributed by atoms with van der Waals surface area (Å²) in [5.41, 5.74) is 6.54. The van der Waals surface area contributed by atoms with Crippen LogP contribution in [0.4, 0.5) is 0 Å². The van der Waals surface area contributed by atoms with E-state index in [0.717, 1.165) is 6.42 Å². The second-order valence-corrected chi connectivity index (χ2v) is 4.74. The summed E-state index contributed by atoms with van der Waals surface area (Å²) in [4.78, 5) is 11.5. The molecule has 0 aromatic heterocycles. The van der Waals surface area contributed by atoms with Crippen molar-refractivity contribution >= 4 is 5.78 Å². The Morgan fingerprint density at radius 3 is 2.72 bits per heavy atom. The number of benzene rings is 1. The summed E-state index contributed by atoms with van der Waals surface area (Å²) in [6, 6.07) is 10.1. The summed E-state index contributed by atoms with van der Waals surface area (Å²) in [7, 11) is 0. The van der Waals surface area contributed by atoms with E-state index in [-0.39, 0.29) is 11.7 Å². The van der Waals surface area contributed by atoms with Crippen LogP contribution < -0.4 is 5.73 Å². The molecular weight excluding hydrogens is 226 g/mol. The summed E-state index contributed by atoms with van der Waals surface area (Å²) in [5.74, 6) is 0.565. The first kappa shape index (κ1) is 14.9. The largest absolute Gasteiger partial charge is 0.376 e. The van der Waals surface area contributed by atoms with Crippen molar-refractivity contribution in [2.45, 2.75) is 32.8 Å². The number of hydrogen-bond acceptors (Lipinski definition) is 3. The molecule has 3 heteroatoms. The third-order valence-electron chi connectivity index (χ3n) is 2.75. The molecule has 0 amide bonds. The summed E-state index contributed by atoms with van der Waals surface area (Å²) in [5, 5.41) is 0. The van der Waals surface area contributed by atoms with Gasteiger partial charge >= 0.3 is 0 Å². The molecule has 0 radical (unpaired) electrons. The minimum absolute atomic E-state index is 0.277. The molecule has 1 unspecified atom stereocenters. The molecule has 1 aromatic rings. The van der Waals surface area contributed by atoms with Gasteiger partial charge in [-0.05, 0) is 24.4 Å². The van der Waals surface area contributed by atoms with Gasteiger partial charge < -0.3 is 10.5 Å². The highest BCUT2D eigenvalue weighted by Gasteiger charge is 2.09. The maximum absolute atomic E-state index is 11.5. The van der Waals surface area contributed by atoms with Crippen molar-refractivity contribution in [1.29, 1.82) is 0 Å².